The highest BCUT2D eigenvalue weighted by Gasteiger charge is 2.07. The Labute approximate surface area is 82.6 Å². The number of aliphatic hydroxyl groups excluding tert-OH is 1. The smallest absolute Gasteiger partial charge is 0.338 e. The first-order valence-electron chi connectivity index (χ1n) is 4.27. The fraction of sp³-hybridized carbons (Fsp3) is 0.182. The van der Waals surface area contributed by atoms with Gasteiger partial charge < -0.3 is 9.84 Å². The summed E-state index contributed by atoms with van der Waals surface area (Å²) >= 11 is 0. The molecule has 0 aromatic heterocycles. The van der Waals surface area contributed by atoms with Crippen molar-refractivity contribution in [1.82, 2.24) is 0 Å². The molecule has 3 nitrogen and oxygen atoms in total. The molecule has 0 saturated carbocycles. The van der Waals surface area contributed by atoms with Gasteiger partial charge in [0, 0.05) is 0 Å². The lowest BCUT2D eigenvalue weighted by Crippen LogP contribution is -2.16. The van der Waals surface area contributed by atoms with Crippen molar-refractivity contribution >= 4 is 5.97 Å². The van der Waals surface area contributed by atoms with Crippen LogP contribution in [-0.2, 0) is 4.74 Å². The van der Waals surface area contributed by atoms with E-state index in [0.717, 1.165) is 0 Å². The summed E-state index contributed by atoms with van der Waals surface area (Å²) in [5, 5.41) is 9.06. The van der Waals surface area contributed by atoms with Crippen molar-refractivity contribution in [2.24, 2.45) is 0 Å². The molecule has 14 heavy (non-hydrogen) atoms. The van der Waals surface area contributed by atoms with Crippen LogP contribution in [0.25, 0.3) is 0 Å². The van der Waals surface area contributed by atoms with E-state index < -0.39 is 12.1 Å². The molecule has 0 aliphatic carbocycles. The van der Waals surface area contributed by atoms with Gasteiger partial charge in [0.15, 0.2) is 0 Å². The first-order valence-corrected chi connectivity index (χ1v) is 4.27. The summed E-state index contributed by atoms with van der Waals surface area (Å²) in [5.74, 6) is -0.438. The minimum absolute atomic E-state index is 0.0583. The van der Waals surface area contributed by atoms with Crippen LogP contribution in [0.2, 0.25) is 0 Å². The minimum atomic E-state index is -0.803. The highest BCUT2D eigenvalue weighted by Crippen LogP contribution is 2.01. The maximum Gasteiger partial charge on any atom is 0.338 e. The zero-order valence-corrected chi connectivity index (χ0v) is 7.72. The number of carbonyl (C=O) groups excluding carboxylic acids is 1. The molecule has 0 bridgehead atoms. The van der Waals surface area contributed by atoms with E-state index in [1.165, 1.54) is 6.08 Å². The summed E-state index contributed by atoms with van der Waals surface area (Å²) in [4.78, 5) is 11.3. The number of carbonyl (C=O) groups is 1. The van der Waals surface area contributed by atoms with Gasteiger partial charge in [0.1, 0.15) is 12.7 Å². The molecule has 0 fully saturated rings. The number of rotatable bonds is 4. The summed E-state index contributed by atoms with van der Waals surface area (Å²) in [6.45, 7) is 3.31. The van der Waals surface area contributed by atoms with E-state index in [2.05, 4.69) is 6.58 Å². The van der Waals surface area contributed by atoms with Crippen LogP contribution in [0.1, 0.15) is 10.4 Å². The Morgan fingerprint density at radius 3 is 2.71 bits per heavy atom. The predicted octanol–water partition coefficient (Wildman–Crippen LogP) is 1.39. The molecule has 0 unspecified atom stereocenters. The van der Waals surface area contributed by atoms with E-state index in [1.807, 2.05) is 6.07 Å². The second-order valence-electron chi connectivity index (χ2n) is 2.77. The van der Waals surface area contributed by atoms with Gasteiger partial charge in [-0.25, -0.2) is 4.79 Å². The van der Waals surface area contributed by atoms with Crippen molar-refractivity contribution in [3.05, 3.63) is 48.6 Å². The fourth-order valence-electron chi connectivity index (χ4n) is 0.887. The molecule has 1 atom stereocenters. The normalized spacial score (nSPS) is 11.8. The maximum atomic E-state index is 11.3. The van der Waals surface area contributed by atoms with E-state index in [-0.39, 0.29) is 6.61 Å². The van der Waals surface area contributed by atoms with E-state index in [4.69, 9.17) is 9.84 Å². The van der Waals surface area contributed by atoms with Crippen LogP contribution in [0.15, 0.2) is 43.0 Å². The van der Waals surface area contributed by atoms with Crippen molar-refractivity contribution in [3.8, 4) is 0 Å². The summed E-state index contributed by atoms with van der Waals surface area (Å²) in [5.41, 5.74) is 0.476. The van der Waals surface area contributed by atoms with E-state index >= 15 is 0 Å². The molecule has 1 aromatic rings. The summed E-state index contributed by atoms with van der Waals surface area (Å²) in [7, 11) is 0. The molecule has 1 N–H and O–H groups in total. The van der Waals surface area contributed by atoms with Crippen LogP contribution in [0.5, 0.6) is 0 Å². The SMILES string of the molecule is C=C[C@@H](O)COC(=O)c1ccccc1. The highest BCUT2D eigenvalue weighted by molar-refractivity contribution is 5.89. The molecule has 0 aliphatic rings. The average molecular weight is 192 g/mol. The minimum Gasteiger partial charge on any atom is -0.459 e. The third-order valence-corrected chi connectivity index (χ3v) is 1.67. The topological polar surface area (TPSA) is 46.5 Å². The summed E-state index contributed by atoms with van der Waals surface area (Å²) in [6, 6.07) is 8.63. The van der Waals surface area contributed by atoms with Gasteiger partial charge in [-0.3, -0.25) is 0 Å². The van der Waals surface area contributed by atoms with Crippen molar-refractivity contribution in [2.45, 2.75) is 6.10 Å². The Balaban J connectivity index is 2.47. The quantitative estimate of drug-likeness (QED) is 0.579. The lowest BCUT2D eigenvalue weighted by atomic mass is 10.2. The van der Waals surface area contributed by atoms with Crippen LogP contribution >= 0.6 is 0 Å². The van der Waals surface area contributed by atoms with Crippen molar-refractivity contribution in [2.75, 3.05) is 6.61 Å². The molecular formula is C11H12O3. The Bertz CT molecular complexity index is 306. The maximum absolute atomic E-state index is 11.3. The summed E-state index contributed by atoms with van der Waals surface area (Å²) in [6.07, 6.45) is 0.515. The first kappa shape index (κ1) is 10.5. The molecule has 3 heteroatoms. The van der Waals surface area contributed by atoms with Crippen molar-refractivity contribution < 1.29 is 14.6 Å². The lowest BCUT2D eigenvalue weighted by Gasteiger charge is -2.06. The van der Waals surface area contributed by atoms with Gasteiger partial charge in [0.2, 0.25) is 0 Å². The predicted molar refractivity (Wildman–Crippen MR) is 52.9 cm³/mol. The number of benzene rings is 1. The van der Waals surface area contributed by atoms with E-state index in [0.29, 0.717) is 5.56 Å². The molecule has 74 valence electrons. The van der Waals surface area contributed by atoms with Crippen LogP contribution < -0.4 is 0 Å². The van der Waals surface area contributed by atoms with E-state index in [9.17, 15) is 4.79 Å². The Morgan fingerprint density at radius 2 is 2.14 bits per heavy atom. The van der Waals surface area contributed by atoms with Crippen LogP contribution in [-0.4, -0.2) is 23.8 Å². The van der Waals surface area contributed by atoms with Gasteiger partial charge in [-0.1, -0.05) is 24.3 Å². The lowest BCUT2D eigenvalue weighted by molar-refractivity contribution is 0.0345. The molecule has 1 rings (SSSR count). The zero-order chi connectivity index (χ0) is 10.4. The largest absolute Gasteiger partial charge is 0.459 e. The fourth-order valence-corrected chi connectivity index (χ4v) is 0.887. The third-order valence-electron chi connectivity index (χ3n) is 1.67. The highest BCUT2D eigenvalue weighted by atomic mass is 16.5. The van der Waals surface area contributed by atoms with Gasteiger partial charge in [-0.05, 0) is 12.1 Å². The third kappa shape index (κ3) is 3.03. The number of aliphatic hydroxyl groups is 1. The van der Waals surface area contributed by atoms with Gasteiger partial charge in [-0.15, -0.1) is 6.58 Å². The number of esters is 1. The van der Waals surface area contributed by atoms with E-state index in [1.54, 1.807) is 24.3 Å². The first-order chi connectivity index (χ1) is 6.74. The molecule has 1 aromatic carbocycles. The Kier molecular flexibility index (Phi) is 3.88. The molecule has 0 amide bonds. The van der Waals surface area contributed by atoms with Gasteiger partial charge in [-0.2, -0.15) is 0 Å². The number of hydrogen-bond acceptors (Lipinski definition) is 3. The standard InChI is InChI=1S/C11H12O3/c1-2-10(12)8-14-11(13)9-6-4-3-5-7-9/h2-7,10,12H,1,8H2/t10-/m1/s1. The molecule has 0 heterocycles. The van der Waals surface area contributed by atoms with Gasteiger partial charge in [0.05, 0.1) is 5.56 Å². The summed E-state index contributed by atoms with van der Waals surface area (Å²) < 4.78 is 4.82. The molecular weight excluding hydrogens is 180 g/mol. The second-order valence-corrected chi connectivity index (χ2v) is 2.77. The van der Waals surface area contributed by atoms with Gasteiger partial charge in [0.25, 0.3) is 0 Å². The average Bonchev–Trinajstić information content (AvgIpc) is 2.26. The van der Waals surface area contributed by atoms with Crippen LogP contribution in [0, 0.1) is 0 Å². The monoisotopic (exact) mass is 192 g/mol. The second kappa shape index (κ2) is 5.19. The van der Waals surface area contributed by atoms with Crippen molar-refractivity contribution in [1.29, 1.82) is 0 Å². The number of hydrogen-bond donors (Lipinski definition) is 1. The molecule has 0 radical (unpaired) electrons. The molecule has 0 spiro atoms. The zero-order valence-electron chi connectivity index (χ0n) is 7.72. The number of ether oxygens (including phenoxy) is 1. The Hall–Kier alpha value is -1.61. The van der Waals surface area contributed by atoms with Crippen molar-refractivity contribution in [3.63, 3.8) is 0 Å². The van der Waals surface area contributed by atoms with Gasteiger partial charge >= 0.3 is 5.97 Å². The van der Waals surface area contributed by atoms with Crippen LogP contribution in [0.3, 0.4) is 0 Å². The molecule has 0 saturated heterocycles. The Morgan fingerprint density at radius 1 is 1.50 bits per heavy atom. The van der Waals surface area contributed by atoms with Crippen LogP contribution in [0.4, 0.5) is 0 Å². The molecule has 0 aliphatic heterocycles.